The molecule has 0 bridgehead atoms. The summed E-state index contributed by atoms with van der Waals surface area (Å²) >= 11 is 0. The van der Waals surface area contributed by atoms with E-state index < -0.39 is 12.0 Å². The predicted molar refractivity (Wildman–Crippen MR) is 60.6 cm³/mol. The number of hydrogen-bond donors (Lipinski definition) is 2. The summed E-state index contributed by atoms with van der Waals surface area (Å²) in [5, 5.41) is 0. The number of nitrogens with two attached hydrogens (primary N) is 2. The van der Waals surface area contributed by atoms with Crippen molar-refractivity contribution in [2.24, 2.45) is 16.5 Å². The Morgan fingerprint density at radius 1 is 1.62 bits per heavy atom. The standard InChI is InChI=1S/C10H18FN3O2/c1-7(12)14-6-8(11)4-3-5-9(13)10(15)16-2/h4,9H,3,5-6,13H2,1-2H3,(H2,12,14)/t9-/m0/s1. The zero-order chi connectivity index (χ0) is 12.6. The first kappa shape index (κ1) is 14.6. The van der Waals surface area contributed by atoms with Gasteiger partial charge < -0.3 is 16.2 Å². The van der Waals surface area contributed by atoms with Crippen molar-refractivity contribution in [2.75, 3.05) is 13.7 Å². The Labute approximate surface area is 94.3 Å². The molecule has 0 unspecified atom stereocenters. The Bertz CT molecular complexity index is 286. The summed E-state index contributed by atoms with van der Waals surface area (Å²) < 4.78 is 17.5. The Morgan fingerprint density at radius 2 is 2.25 bits per heavy atom. The number of carbonyl (C=O) groups is 1. The van der Waals surface area contributed by atoms with E-state index in [2.05, 4.69) is 9.73 Å². The van der Waals surface area contributed by atoms with Crippen LogP contribution in [-0.4, -0.2) is 31.5 Å². The number of methoxy groups -OCH3 is 1. The molecule has 5 nitrogen and oxygen atoms in total. The van der Waals surface area contributed by atoms with Crippen LogP contribution in [0.3, 0.4) is 0 Å². The maximum atomic E-state index is 13.0. The van der Waals surface area contributed by atoms with Crippen LogP contribution in [0.15, 0.2) is 16.9 Å². The lowest BCUT2D eigenvalue weighted by Gasteiger charge is -2.06. The van der Waals surface area contributed by atoms with Gasteiger partial charge >= 0.3 is 5.97 Å². The molecule has 16 heavy (non-hydrogen) atoms. The zero-order valence-corrected chi connectivity index (χ0v) is 9.57. The van der Waals surface area contributed by atoms with Crippen molar-refractivity contribution in [3.8, 4) is 0 Å². The number of halogens is 1. The SMILES string of the molecule is COC(=O)[C@@H](N)CCC=C(F)CN=C(C)N. The second kappa shape index (κ2) is 7.81. The van der Waals surface area contributed by atoms with Crippen LogP contribution in [0.1, 0.15) is 19.8 Å². The van der Waals surface area contributed by atoms with Gasteiger partial charge in [-0.05, 0) is 19.8 Å². The van der Waals surface area contributed by atoms with Gasteiger partial charge in [0.1, 0.15) is 11.9 Å². The first-order chi connectivity index (χ1) is 7.47. The first-order valence-corrected chi connectivity index (χ1v) is 4.91. The summed E-state index contributed by atoms with van der Waals surface area (Å²) in [6.45, 7) is 1.51. The van der Waals surface area contributed by atoms with E-state index in [1.807, 2.05) is 0 Å². The highest BCUT2D eigenvalue weighted by atomic mass is 19.1. The molecule has 0 aliphatic heterocycles. The summed E-state index contributed by atoms with van der Waals surface area (Å²) in [4.78, 5) is 14.6. The number of aliphatic imine (C=N–C) groups is 1. The molecule has 1 atom stereocenters. The normalized spacial score (nSPS) is 14.8. The molecule has 0 fully saturated rings. The monoisotopic (exact) mass is 231 g/mol. The van der Waals surface area contributed by atoms with Crippen molar-refractivity contribution in [3.05, 3.63) is 11.9 Å². The van der Waals surface area contributed by atoms with Gasteiger partial charge in [-0.1, -0.05) is 6.08 Å². The molecule has 0 aromatic heterocycles. The molecule has 0 aliphatic carbocycles. The van der Waals surface area contributed by atoms with Gasteiger partial charge in [-0.3, -0.25) is 9.79 Å². The fourth-order valence-electron chi connectivity index (χ4n) is 0.954. The predicted octanol–water partition coefficient (Wildman–Crippen LogP) is 0.497. The topological polar surface area (TPSA) is 90.7 Å². The number of hydrogen-bond acceptors (Lipinski definition) is 4. The summed E-state index contributed by atoms with van der Waals surface area (Å²) in [7, 11) is 1.26. The average molecular weight is 231 g/mol. The van der Waals surface area contributed by atoms with Crippen LogP contribution < -0.4 is 11.5 Å². The van der Waals surface area contributed by atoms with E-state index in [1.54, 1.807) is 6.92 Å². The molecule has 0 aliphatic rings. The molecule has 0 saturated heterocycles. The quantitative estimate of drug-likeness (QED) is 0.395. The molecular weight excluding hydrogens is 213 g/mol. The summed E-state index contributed by atoms with van der Waals surface area (Å²) in [5.74, 6) is -0.554. The fraction of sp³-hybridized carbons (Fsp3) is 0.600. The molecule has 0 radical (unpaired) electrons. The van der Waals surface area contributed by atoms with E-state index in [0.717, 1.165) is 0 Å². The second-order valence-corrected chi connectivity index (χ2v) is 3.32. The van der Waals surface area contributed by atoms with E-state index in [0.29, 0.717) is 18.7 Å². The van der Waals surface area contributed by atoms with E-state index in [-0.39, 0.29) is 12.4 Å². The van der Waals surface area contributed by atoms with Crippen LogP contribution in [0.5, 0.6) is 0 Å². The van der Waals surface area contributed by atoms with Crippen LogP contribution in [0.25, 0.3) is 0 Å². The molecule has 0 spiro atoms. The maximum absolute atomic E-state index is 13.0. The number of esters is 1. The minimum absolute atomic E-state index is 0.0736. The molecule has 0 rings (SSSR count). The largest absolute Gasteiger partial charge is 0.468 e. The Hall–Kier alpha value is -1.43. The molecule has 0 aromatic rings. The molecule has 6 heteroatoms. The van der Waals surface area contributed by atoms with Gasteiger partial charge in [-0.25, -0.2) is 4.39 Å². The third-order valence-corrected chi connectivity index (χ3v) is 1.83. The average Bonchev–Trinajstić information content (AvgIpc) is 2.24. The van der Waals surface area contributed by atoms with Crippen molar-refractivity contribution in [1.29, 1.82) is 0 Å². The van der Waals surface area contributed by atoms with E-state index >= 15 is 0 Å². The minimum Gasteiger partial charge on any atom is -0.468 e. The highest BCUT2D eigenvalue weighted by molar-refractivity contribution is 5.77. The lowest BCUT2D eigenvalue weighted by atomic mass is 10.1. The molecule has 0 amide bonds. The third kappa shape index (κ3) is 6.94. The van der Waals surface area contributed by atoms with Crippen molar-refractivity contribution in [2.45, 2.75) is 25.8 Å². The molecular formula is C10H18FN3O2. The molecule has 0 heterocycles. The van der Waals surface area contributed by atoms with Crippen LogP contribution in [0.2, 0.25) is 0 Å². The van der Waals surface area contributed by atoms with E-state index in [1.165, 1.54) is 13.2 Å². The molecule has 0 aromatic carbocycles. The maximum Gasteiger partial charge on any atom is 0.322 e. The van der Waals surface area contributed by atoms with Crippen molar-refractivity contribution in [1.82, 2.24) is 0 Å². The van der Waals surface area contributed by atoms with Gasteiger partial charge in [0.05, 0.1) is 19.5 Å². The highest BCUT2D eigenvalue weighted by Crippen LogP contribution is 2.04. The van der Waals surface area contributed by atoms with Crippen LogP contribution >= 0.6 is 0 Å². The van der Waals surface area contributed by atoms with Crippen molar-refractivity contribution >= 4 is 11.8 Å². The Kier molecular flexibility index (Phi) is 7.11. The van der Waals surface area contributed by atoms with Crippen LogP contribution in [-0.2, 0) is 9.53 Å². The van der Waals surface area contributed by atoms with Crippen LogP contribution in [0.4, 0.5) is 4.39 Å². The summed E-state index contributed by atoms with van der Waals surface area (Å²) in [6, 6.07) is -0.714. The highest BCUT2D eigenvalue weighted by Gasteiger charge is 2.11. The molecule has 4 N–H and O–H groups in total. The number of nitrogens with zero attached hydrogens (tertiary/aromatic N) is 1. The van der Waals surface area contributed by atoms with Crippen LogP contribution in [0, 0.1) is 0 Å². The number of carbonyl (C=O) groups excluding carboxylic acids is 1. The summed E-state index contributed by atoms with van der Waals surface area (Å²) in [6.07, 6.45) is 2.04. The Balaban J connectivity index is 3.91. The van der Waals surface area contributed by atoms with Gasteiger partial charge in [0, 0.05) is 0 Å². The fourth-order valence-corrected chi connectivity index (χ4v) is 0.954. The van der Waals surface area contributed by atoms with Gasteiger partial charge in [-0.15, -0.1) is 0 Å². The minimum atomic E-state index is -0.714. The first-order valence-electron chi connectivity index (χ1n) is 4.91. The zero-order valence-electron chi connectivity index (χ0n) is 9.57. The second-order valence-electron chi connectivity index (χ2n) is 3.32. The summed E-state index contributed by atoms with van der Waals surface area (Å²) in [5.41, 5.74) is 10.7. The van der Waals surface area contributed by atoms with E-state index in [9.17, 15) is 9.18 Å². The smallest absolute Gasteiger partial charge is 0.322 e. The molecule has 0 saturated carbocycles. The molecule has 92 valence electrons. The van der Waals surface area contributed by atoms with Gasteiger partial charge in [0.2, 0.25) is 0 Å². The lowest BCUT2D eigenvalue weighted by Crippen LogP contribution is -2.31. The number of rotatable bonds is 6. The number of allylic oxidation sites excluding steroid dienone is 1. The number of amidine groups is 1. The third-order valence-electron chi connectivity index (χ3n) is 1.83. The van der Waals surface area contributed by atoms with Crippen molar-refractivity contribution < 1.29 is 13.9 Å². The van der Waals surface area contributed by atoms with Gasteiger partial charge in [0.15, 0.2) is 0 Å². The number of ether oxygens (including phenoxy) is 1. The lowest BCUT2D eigenvalue weighted by molar-refractivity contribution is -0.142. The van der Waals surface area contributed by atoms with Gasteiger partial charge in [0.25, 0.3) is 0 Å². The van der Waals surface area contributed by atoms with Gasteiger partial charge in [-0.2, -0.15) is 0 Å². The van der Waals surface area contributed by atoms with Crippen molar-refractivity contribution in [3.63, 3.8) is 0 Å². The van der Waals surface area contributed by atoms with E-state index in [4.69, 9.17) is 11.5 Å². The Morgan fingerprint density at radius 3 is 2.75 bits per heavy atom.